The van der Waals surface area contributed by atoms with Crippen molar-refractivity contribution in [3.8, 4) is 34.4 Å². The van der Waals surface area contributed by atoms with Crippen LogP contribution >= 0.6 is 0 Å². The number of oxazole rings is 2. The molecule has 0 unspecified atom stereocenters. The van der Waals surface area contributed by atoms with Crippen LogP contribution in [-0.2, 0) is 26.2 Å². The average molecular weight is 630 g/mol. The zero-order valence-corrected chi connectivity index (χ0v) is 25.7. The van der Waals surface area contributed by atoms with E-state index in [0.29, 0.717) is 34.1 Å². The van der Waals surface area contributed by atoms with Gasteiger partial charge in [0.25, 0.3) is 0 Å². The summed E-state index contributed by atoms with van der Waals surface area (Å²) in [6.45, 7) is 6.44. The smallest absolute Gasteiger partial charge is 0.872 e. The first kappa shape index (κ1) is 33.4. The molecule has 4 aromatic carbocycles. The van der Waals surface area contributed by atoms with Crippen molar-refractivity contribution in [2.24, 2.45) is 0 Å². The van der Waals surface area contributed by atoms with Crippen molar-refractivity contribution in [2.75, 3.05) is 0 Å². The summed E-state index contributed by atoms with van der Waals surface area (Å²) in [6.07, 6.45) is -0.833. The zero-order valence-electron chi connectivity index (χ0n) is 23.2. The van der Waals surface area contributed by atoms with Crippen LogP contribution in [-0.4, -0.2) is 22.2 Å². The maximum atomic E-state index is 11.6. The van der Waals surface area contributed by atoms with Crippen molar-refractivity contribution in [1.29, 1.82) is 0 Å². The SMILES string of the molecule is CC(C)[O-].CC(C)[O-].[O-]c1ccccc1-c1nc2ccccc2o1.[O-]c1ccccc1-c1nc2ccccc2o1.[Zr+4]. The van der Waals surface area contributed by atoms with E-state index in [0.717, 1.165) is 11.0 Å². The van der Waals surface area contributed by atoms with Gasteiger partial charge in [-0.1, -0.05) is 112 Å². The van der Waals surface area contributed by atoms with Crippen LogP contribution in [0.25, 0.3) is 45.1 Å². The van der Waals surface area contributed by atoms with Crippen LogP contribution < -0.4 is 20.4 Å². The van der Waals surface area contributed by atoms with Crippen molar-refractivity contribution < 1.29 is 55.5 Å². The van der Waals surface area contributed by atoms with Gasteiger partial charge in [-0.3, -0.25) is 0 Å². The van der Waals surface area contributed by atoms with E-state index in [4.69, 9.17) is 8.83 Å². The molecule has 0 amide bonds. The summed E-state index contributed by atoms with van der Waals surface area (Å²) in [5.41, 5.74) is 3.92. The number of fused-ring (bicyclic) bond motifs is 2. The monoisotopic (exact) mass is 628 g/mol. The summed E-state index contributed by atoms with van der Waals surface area (Å²) in [6, 6.07) is 28.3. The van der Waals surface area contributed by atoms with Crippen LogP contribution in [0.5, 0.6) is 11.5 Å². The second kappa shape index (κ2) is 16.5. The van der Waals surface area contributed by atoms with Gasteiger partial charge in [0.15, 0.2) is 11.2 Å². The number of benzene rings is 4. The molecule has 6 aromatic rings. The largest absolute Gasteiger partial charge is 4.00 e. The molecule has 0 fully saturated rings. The molecule has 0 aliphatic heterocycles. The second-order valence-electron chi connectivity index (χ2n) is 9.06. The molecule has 0 saturated heterocycles. The van der Waals surface area contributed by atoms with Crippen molar-refractivity contribution in [3.63, 3.8) is 0 Å². The first-order valence-corrected chi connectivity index (χ1v) is 12.7. The van der Waals surface area contributed by atoms with Crippen molar-refractivity contribution in [2.45, 2.75) is 39.9 Å². The van der Waals surface area contributed by atoms with Gasteiger partial charge in [-0.25, -0.2) is 9.97 Å². The van der Waals surface area contributed by atoms with Gasteiger partial charge >= 0.3 is 26.2 Å². The molecular weight excluding hydrogens is 600 g/mol. The Kier molecular flexibility index (Phi) is 13.4. The second-order valence-corrected chi connectivity index (χ2v) is 9.06. The minimum Gasteiger partial charge on any atom is -0.872 e. The van der Waals surface area contributed by atoms with E-state index in [2.05, 4.69) is 9.97 Å². The van der Waals surface area contributed by atoms with Gasteiger partial charge in [0, 0.05) is 11.1 Å². The minimum atomic E-state index is -0.417. The summed E-state index contributed by atoms with van der Waals surface area (Å²) in [7, 11) is 0. The van der Waals surface area contributed by atoms with E-state index < -0.39 is 12.2 Å². The van der Waals surface area contributed by atoms with Crippen molar-refractivity contribution >= 4 is 22.2 Å². The molecule has 0 aliphatic rings. The third kappa shape index (κ3) is 10.3. The van der Waals surface area contributed by atoms with Gasteiger partial charge < -0.3 is 29.3 Å². The van der Waals surface area contributed by atoms with E-state index in [1.165, 1.54) is 12.1 Å². The Hall–Kier alpha value is -3.78. The van der Waals surface area contributed by atoms with Crippen LogP contribution in [0, 0.1) is 0 Å². The van der Waals surface area contributed by atoms with E-state index in [1.54, 1.807) is 64.1 Å². The van der Waals surface area contributed by atoms with Gasteiger partial charge in [-0.05, 0) is 24.3 Å². The maximum absolute atomic E-state index is 11.6. The third-order valence-electron chi connectivity index (χ3n) is 4.82. The zero-order chi connectivity index (χ0) is 29.1. The summed E-state index contributed by atoms with van der Waals surface area (Å²) in [4.78, 5) is 8.55. The fourth-order valence-corrected chi connectivity index (χ4v) is 3.26. The minimum absolute atomic E-state index is 0. The summed E-state index contributed by atoms with van der Waals surface area (Å²) in [5, 5.41) is 42.2. The van der Waals surface area contributed by atoms with Gasteiger partial charge in [0.05, 0.1) is 0 Å². The van der Waals surface area contributed by atoms with Crippen LogP contribution in [0.4, 0.5) is 0 Å². The summed E-state index contributed by atoms with van der Waals surface area (Å²) >= 11 is 0. The molecule has 41 heavy (non-hydrogen) atoms. The number of hydrogen-bond donors (Lipinski definition) is 0. The fraction of sp³-hybridized carbons (Fsp3) is 0.188. The normalized spacial score (nSPS) is 10.1. The standard InChI is InChI=1S/2C13H9NO2.2C3H7O.Zr/c2*15-11-7-3-1-5-9(11)13-14-10-6-2-4-8-12(10)16-13;2*1-3(2)4;/h2*1-8,15H;2*3H,1-2H3;/q;;2*-1;+4/p-2. The predicted molar refractivity (Wildman–Crippen MR) is 148 cm³/mol. The van der Waals surface area contributed by atoms with Crippen LogP contribution in [0.1, 0.15) is 27.7 Å². The molecule has 0 spiro atoms. The quantitative estimate of drug-likeness (QED) is 0.269. The molecule has 0 bridgehead atoms. The van der Waals surface area contributed by atoms with Gasteiger partial charge in [-0.2, -0.15) is 0 Å². The number of rotatable bonds is 2. The van der Waals surface area contributed by atoms with E-state index >= 15 is 0 Å². The Balaban J connectivity index is 0.000000224. The molecule has 9 heteroatoms. The number of hydrogen-bond acceptors (Lipinski definition) is 8. The molecule has 0 N–H and O–H groups in total. The molecule has 0 saturated carbocycles. The van der Waals surface area contributed by atoms with E-state index in [9.17, 15) is 20.4 Å². The summed E-state index contributed by atoms with van der Waals surface area (Å²) < 4.78 is 11.0. The molecule has 6 rings (SSSR count). The van der Waals surface area contributed by atoms with Gasteiger partial charge in [0.1, 0.15) is 11.0 Å². The Morgan fingerprint density at radius 2 is 0.805 bits per heavy atom. The first-order chi connectivity index (χ1) is 19.2. The molecular formula is C32H30N2O6Zr. The number of para-hydroxylation sites is 6. The first-order valence-electron chi connectivity index (χ1n) is 12.7. The Morgan fingerprint density at radius 3 is 1.12 bits per heavy atom. The molecule has 0 aliphatic carbocycles. The fourth-order valence-electron chi connectivity index (χ4n) is 3.26. The Morgan fingerprint density at radius 1 is 0.512 bits per heavy atom. The predicted octanol–water partition coefficient (Wildman–Crippen LogP) is 4.64. The van der Waals surface area contributed by atoms with E-state index in [-0.39, 0.29) is 37.7 Å². The topological polar surface area (TPSA) is 144 Å². The van der Waals surface area contributed by atoms with Gasteiger partial charge in [-0.15, -0.1) is 12.2 Å². The Labute approximate surface area is 258 Å². The van der Waals surface area contributed by atoms with Crippen molar-refractivity contribution in [3.05, 3.63) is 97.1 Å². The van der Waals surface area contributed by atoms with Gasteiger partial charge in [0.2, 0.25) is 11.8 Å². The molecule has 8 nitrogen and oxygen atoms in total. The van der Waals surface area contributed by atoms with Crippen LogP contribution in [0.15, 0.2) is 106 Å². The third-order valence-corrected chi connectivity index (χ3v) is 4.82. The van der Waals surface area contributed by atoms with Crippen molar-refractivity contribution in [1.82, 2.24) is 9.97 Å². The summed E-state index contributed by atoms with van der Waals surface area (Å²) in [5.74, 6) is 0.613. The average Bonchev–Trinajstić information content (AvgIpc) is 3.53. The number of nitrogens with zero attached hydrogens (tertiary/aromatic N) is 2. The molecule has 2 aromatic heterocycles. The number of aromatic nitrogens is 2. The molecule has 0 atom stereocenters. The van der Waals surface area contributed by atoms with Crippen LogP contribution in [0.3, 0.4) is 0 Å². The molecule has 0 radical (unpaired) electrons. The Bertz CT molecular complexity index is 1430. The molecule has 2 heterocycles. The van der Waals surface area contributed by atoms with Crippen LogP contribution in [0.2, 0.25) is 0 Å². The van der Waals surface area contributed by atoms with E-state index in [1.807, 2.05) is 48.5 Å². The molecule has 208 valence electrons. The maximum Gasteiger partial charge on any atom is 4.00 e.